The Bertz CT molecular complexity index is 920. The van der Waals surface area contributed by atoms with Crippen molar-refractivity contribution in [2.45, 2.75) is 23.5 Å². The van der Waals surface area contributed by atoms with Gasteiger partial charge in [0.25, 0.3) is 0 Å². The van der Waals surface area contributed by atoms with E-state index in [4.69, 9.17) is 4.74 Å². The van der Waals surface area contributed by atoms with Crippen molar-refractivity contribution in [3.05, 3.63) is 51.7 Å². The second-order valence-electron chi connectivity index (χ2n) is 5.61. The fraction of sp³-hybridized carbons (Fsp3) is 0.312. The van der Waals surface area contributed by atoms with E-state index >= 15 is 0 Å². The molecule has 3 rings (SSSR count). The smallest absolute Gasteiger partial charge is 0.416 e. The summed E-state index contributed by atoms with van der Waals surface area (Å²) in [4.78, 5) is 12.8. The maximum absolute atomic E-state index is 13.0. The quantitative estimate of drug-likeness (QED) is 0.736. The van der Waals surface area contributed by atoms with Gasteiger partial charge in [-0.1, -0.05) is 0 Å². The third-order valence-corrected chi connectivity index (χ3v) is 7.01. The molecule has 26 heavy (non-hydrogen) atoms. The molecule has 0 aliphatic carbocycles. The number of halogens is 3. The lowest BCUT2D eigenvalue weighted by atomic mass is 10.0. The van der Waals surface area contributed by atoms with Crippen molar-refractivity contribution in [3.8, 4) is 0 Å². The summed E-state index contributed by atoms with van der Waals surface area (Å²) in [5.74, 6) is -0.736. The standard InChI is InChI=1S/C16H14F3NO4S2/c1-24-15(21)14-12-7-9-25-13(12)6-8-20(14)26(22,23)11-4-2-10(3-5-11)16(17,18)19/h2-5,7,9,14H,6,8H2,1H3. The van der Waals surface area contributed by atoms with E-state index in [1.165, 1.54) is 11.3 Å². The highest BCUT2D eigenvalue weighted by Gasteiger charge is 2.42. The number of esters is 1. The lowest BCUT2D eigenvalue weighted by Gasteiger charge is -2.33. The number of rotatable bonds is 3. The first-order chi connectivity index (χ1) is 12.2. The average molecular weight is 405 g/mol. The molecule has 0 radical (unpaired) electrons. The maximum atomic E-state index is 13.0. The van der Waals surface area contributed by atoms with Crippen molar-refractivity contribution in [1.29, 1.82) is 0 Å². The van der Waals surface area contributed by atoms with Crippen LogP contribution in [0.2, 0.25) is 0 Å². The van der Waals surface area contributed by atoms with E-state index in [0.29, 0.717) is 24.1 Å². The molecule has 1 atom stereocenters. The molecule has 0 fully saturated rings. The molecule has 1 aromatic heterocycles. The highest BCUT2D eigenvalue weighted by atomic mass is 32.2. The van der Waals surface area contributed by atoms with E-state index < -0.39 is 33.8 Å². The Labute approximate surface area is 152 Å². The number of alkyl halides is 3. The van der Waals surface area contributed by atoms with E-state index in [0.717, 1.165) is 28.4 Å². The molecule has 0 spiro atoms. The summed E-state index contributed by atoms with van der Waals surface area (Å²) in [6.07, 6.45) is -4.14. The molecule has 10 heteroatoms. The van der Waals surface area contributed by atoms with Gasteiger partial charge in [-0.15, -0.1) is 11.3 Å². The topological polar surface area (TPSA) is 63.7 Å². The molecule has 2 aromatic rings. The van der Waals surface area contributed by atoms with Crippen LogP contribution in [-0.4, -0.2) is 32.3 Å². The summed E-state index contributed by atoms with van der Waals surface area (Å²) in [5, 5.41) is 1.76. The Morgan fingerprint density at radius 1 is 1.23 bits per heavy atom. The molecular formula is C16H14F3NO4S2. The Hall–Kier alpha value is -1.91. The zero-order valence-electron chi connectivity index (χ0n) is 13.5. The Morgan fingerprint density at radius 2 is 1.88 bits per heavy atom. The molecule has 0 N–H and O–H groups in total. The number of carbonyl (C=O) groups is 1. The van der Waals surface area contributed by atoms with Crippen LogP contribution < -0.4 is 0 Å². The Balaban J connectivity index is 2.02. The molecule has 5 nitrogen and oxygen atoms in total. The highest BCUT2D eigenvalue weighted by molar-refractivity contribution is 7.89. The van der Waals surface area contributed by atoms with E-state index in [2.05, 4.69) is 0 Å². The molecule has 2 heterocycles. The van der Waals surface area contributed by atoms with E-state index in [1.807, 2.05) is 0 Å². The van der Waals surface area contributed by atoms with Crippen LogP contribution in [0.5, 0.6) is 0 Å². The number of hydrogen-bond donors (Lipinski definition) is 0. The van der Waals surface area contributed by atoms with Gasteiger partial charge in [0.05, 0.1) is 17.6 Å². The zero-order chi connectivity index (χ0) is 19.1. The normalized spacial score (nSPS) is 18.4. The van der Waals surface area contributed by atoms with Crippen molar-refractivity contribution in [3.63, 3.8) is 0 Å². The first kappa shape index (κ1) is 18.9. The van der Waals surface area contributed by atoms with E-state index in [-0.39, 0.29) is 11.4 Å². The third kappa shape index (κ3) is 3.24. The minimum atomic E-state index is -4.56. The van der Waals surface area contributed by atoms with E-state index in [1.54, 1.807) is 11.4 Å². The molecular weight excluding hydrogens is 391 g/mol. The Morgan fingerprint density at radius 3 is 2.46 bits per heavy atom. The Kier molecular flexibility index (Phi) is 4.84. The van der Waals surface area contributed by atoms with Crippen molar-refractivity contribution >= 4 is 27.3 Å². The lowest BCUT2D eigenvalue weighted by molar-refractivity contribution is -0.145. The fourth-order valence-electron chi connectivity index (χ4n) is 2.86. The fourth-order valence-corrected chi connectivity index (χ4v) is 5.32. The SMILES string of the molecule is COC(=O)C1c2ccsc2CCN1S(=O)(=O)c1ccc(C(F)(F)F)cc1. The number of fused-ring (bicyclic) bond motifs is 1. The van der Waals surface area contributed by atoms with Gasteiger partial charge >= 0.3 is 12.1 Å². The van der Waals surface area contributed by atoms with Gasteiger partial charge in [0.2, 0.25) is 10.0 Å². The van der Waals surface area contributed by atoms with Crippen LogP contribution >= 0.6 is 11.3 Å². The van der Waals surface area contributed by atoms with Crippen molar-refractivity contribution < 1.29 is 31.1 Å². The highest BCUT2D eigenvalue weighted by Crippen LogP contribution is 2.38. The van der Waals surface area contributed by atoms with Crippen molar-refractivity contribution in [2.24, 2.45) is 0 Å². The molecule has 0 bridgehead atoms. The molecule has 0 saturated carbocycles. The molecule has 1 aliphatic heterocycles. The van der Waals surface area contributed by atoms with Gasteiger partial charge < -0.3 is 4.74 Å². The molecule has 0 saturated heterocycles. The number of benzene rings is 1. The predicted octanol–water partition coefficient (Wildman–Crippen LogP) is 3.23. The van der Waals surface area contributed by atoms with Gasteiger partial charge in [0.15, 0.2) is 0 Å². The first-order valence-corrected chi connectivity index (χ1v) is 9.81. The number of thiophene rings is 1. The third-order valence-electron chi connectivity index (χ3n) is 4.13. The number of sulfonamides is 1. The summed E-state index contributed by atoms with van der Waals surface area (Å²) < 4.78 is 69.7. The van der Waals surface area contributed by atoms with Crippen LogP contribution in [0.3, 0.4) is 0 Å². The summed E-state index contributed by atoms with van der Waals surface area (Å²) in [6, 6.07) is 3.73. The van der Waals surface area contributed by atoms with Crippen LogP contribution in [-0.2, 0) is 32.2 Å². The van der Waals surface area contributed by atoms with Crippen LogP contribution in [0.25, 0.3) is 0 Å². The molecule has 0 amide bonds. The van der Waals surface area contributed by atoms with Crippen molar-refractivity contribution in [2.75, 3.05) is 13.7 Å². The summed E-state index contributed by atoms with van der Waals surface area (Å²) in [6.45, 7) is 0.0383. The number of hydrogen-bond acceptors (Lipinski definition) is 5. The lowest BCUT2D eigenvalue weighted by Crippen LogP contribution is -2.43. The van der Waals surface area contributed by atoms with Crippen LogP contribution in [0.4, 0.5) is 13.2 Å². The van der Waals surface area contributed by atoms with Gasteiger partial charge in [-0.3, -0.25) is 0 Å². The summed E-state index contributed by atoms with van der Waals surface area (Å²) in [5.41, 5.74) is -0.400. The van der Waals surface area contributed by atoms with Crippen molar-refractivity contribution in [1.82, 2.24) is 4.31 Å². The van der Waals surface area contributed by atoms with Gasteiger partial charge in [-0.2, -0.15) is 17.5 Å². The number of ether oxygens (including phenoxy) is 1. The first-order valence-electron chi connectivity index (χ1n) is 7.49. The van der Waals surface area contributed by atoms with Crippen LogP contribution in [0.1, 0.15) is 22.0 Å². The summed E-state index contributed by atoms with van der Waals surface area (Å²) in [7, 11) is -3.02. The maximum Gasteiger partial charge on any atom is 0.416 e. The van der Waals surface area contributed by atoms with Gasteiger partial charge in [0.1, 0.15) is 6.04 Å². The second kappa shape index (κ2) is 6.67. The monoisotopic (exact) mass is 405 g/mol. The molecule has 1 unspecified atom stereocenters. The second-order valence-corrected chi connectivity index (χ2v) is 8.50. The minimum absolute atomic E-state index is 0.0383. The van der Waals surface area contributed by atoms with Crippen LogP contribution in [0, 0.1) is 0 Å². The predicted molar refractivity (Wildman–Crippen MR) is 88.1 cm³/mol. The number of carbonyl (C=O) groups excluding carboxylic acids is 1. The molecule has 1 aromatic carbocycles. The van der Waals surface area contributed by atoms with Crippen LogP contribution in [0.15, 0.2) is 40.6 Å². The van der Waals surface area contributed by atoms with Gasteiger partial charge in [0, 0.05) is 11.4 Å². The van der Waals surface area contributed by atoms with E-state index in [9.17, 15) is 26.4 Å². The minimum Gasteiger partial charge on any atom is -0.468 e. The largest absolute Gasteiger partial charge is 0.468 e. The van der Waals surface area contributed by atoms with Gasteiger partial charge in [-0.25, -0.2) is 13.2 Å². The average Bonchev–Trinajstić information content (AvgIpc) is 3.08. The zero-order valence-corrected chi connectivity index (χ0v) is 15.1. The summed E-state index contributed by atoms with van der Waals surface area (Å²) >= 11 is 1.42. The van der Waals surface area contributed by atoms with Gasteiger partial charge in [-0.05, 0) is 47.7 Å². The molecule has 140 valence electrons. The number of methoxy groups -OCH3 is 1. The molecule has 1 aliphatic rings. The number of nitrogens with zero attached hydrogens (tertiary/aromatic N) is 1.